The van der Waals surface area contributed by atoms with Crippen LogP contribution in [0.15, 0.2) is 0 Å². The molecule has 0 bridgehead atoms. The highest BCUT2D eigenvalue weighted by molar-refractivity contribution is 7.17. The molecule has 0 radical (unpaired) electrons. The lowest BCUT2D eigenvalue weighted by molar-refractivity contribution is -0.00840. The van der Waals surface area contributed by atoms with E-state index in [1.54, 1.807) is 11.3 Å². The van der Waals surface area contributed by atoms with E-state index in [4.69, 9.17) is 9.72 Å². The van der Waals surface area contributed by atoms with Crippen molar-refractivity contribution in [1.29, 1.82) is 0 Å². The molecule has 1 aliphatic rings. The zero-order chi connectivity index (χ0) is 11.4. The van der Waals surface area contributed by atoms with Crippen LogP contribution in [0.4, 0.5) is 0 Å². The highest BCUT2D eigenvalue weighted by Gasteiger charge is 2.28. The number of hydrogen-bond donors (Lipinski definition) is 0. The lowest BCUT2D eigenvalue weighted by Crippen LogP contribution is -2.23. The summed E-state index contributed by atoms with van der Waals surface area (Å²) in [6.07, 6.45) is 1.38. The van der Waals surface area contributed by atoms with Crippen LogP contribution in [0.25, 0.3) is 4.96 Å². The molecule has 2 aromatic rings. The molecule has 0 aromatic carbocycles. The van der Waals surface area contributed by atoms with Crippen molar-refractivity contribution in [3.63, 3.8) is 0 Å². The summed E-state index contributed by atoms with van der Waals surface area (Å²) in [7, 11) is 0. The SMILES string of the molecule is Cc1sc2nc3c(n2c1C)C(C)OC(C)C3. The van der Waals surface area contributed by atoms with Gasteiger partial charge in [0.2, 0.25) is 0 Å². The van der Waals surface area contributed by atoms with E-state index < -0.39 is 0 Å². The maximum absolute atomic E-state index is 5.89. The Balaban J connectivity index is 2.30. The number of imidazole rings is 1. The van der Waals surface area contributed by atoms with E-state index >= 15 is 0 Å². The molecule has 3 nitrogen and oxygen atoms in total. The lowest BCUT2D eigenvalue weighted by atomic mass is 10.1. The Morgan fingerprint density at radius 3 is 2.88 bits per heavy atom. The summed E-state index contributed by atoms with van der Waals surface area (Å²) in [5.74, 6) is 0. The van der Waals surface area contributed by atoms with Gasteiger partial charge in [-0.25, -0.2) is 4.98 Å². The Hall–Kier alpha value is -0.870. The van der Waals surface area contributed by atoms with Crippen molar-refractivity contribution in [3.05, 3.63) is 22.0 Å². The standard InChI is InChI=1S/C12H16N2OS/c1-6-5-10-11(8(3)15-6)14-7(2)9(4)16-12(14)13-10/h6,8H,5H2,1-4H3. The van der Waals surface area contributed by atoms with Gasteiger partial charge in [-0.2, -0.15) is 0 Å². The summed E-state index contributed by atoms with van der Waals surface area (Å²) in [5, 5.41) is 0. The molecule has 0 aliphatic carbocycles. The zero-order valence-corrected chi connectivity index (χ0v) is 10.9. The molecule has 0 saturated carbocycles. The minimum absolute atomic E-state index is 0.154. The Kier molecular flexibility index (Phi) is 2.13. The summed E-state index contributed by atoms with van der Waals surface area (Å²) >= 11 is 1.77. The number of ether oxygens (including phenoxy) is 1. The van der Waals surface area contributed by atoms with Crippen LogP contribution in [-0.4, -0.2) is 15.5 Å². The fourth-order valence-electron chi connectivity index (χ4n) is 2.52. The number of fused-ring (bicyclic) bond motifs is 3. The predicted octanol–water partition coefficient (Wildman–Crippen LogP) is 3.03. The number of nitrogens with zero attached hydrogens (tertiary/aromatic N) is 2. The van der Waals surface area contributed by atoms with Gasteiger partial charge in [-0.1, -0.05) is 0 Å². The number of rotatable bonds is 0. The van der Waals surface area contributed by atoms with E-state index in [9.17, 15) is 0 Å². The number of thiazole rings is 1. The second-order valence-electron chi connectivity index (χ2n) is 4.60. The molecular formula is C12H16N2OS. The molecule has 0 fully saturated rings. The molecule has 4 heteroatoms. The quantitative estimate of drug-likeness (QED) is 0.703. The molecule has 16 heavy (non-hydrogen) atoms. The van der Waals surface area contributed by atoms with E-state index in [2.05, 4.69) is 32.1 Å². The second-order valence-corrected chi connectivity index (χ2v) is 5.78. The van der Waals surface area contributed by atoms with Crippen LogP contribution in [0, 0.1) is 13.8 Å². The van der Waals surface area contributed by atoms with Crippen LogP contribution in [0.5, 0.6) is 0 Å². The van der Waals surface area contributed by atoms with Gasteiger partial charge in [0.1, 0.15) is 0 Å². The first-order valence-corrected chi connectivity index (χ1v) is 6.52. The first-order chi connectivity index (χ1) is 7.58. The average molecular weight is 236 g/mol. The molecule has 2 unspecified atom stereocenters. The van der Waals surface area contributed by atoms with Crippen molar-refractivity contribution in [2.24, 2.45) is 0 Å². The summed E-state index contributed by atoms with van der Waals surface area (Å²) < 4.78 is 8.16. The van der Waals surface area contributed by atoms with Crippen LogP contribution in [0.2, 0.25) is 0 Å². The van der Waals surface area contributed by atoms with Gasteiger partial charge in [0.25, 0.3) is 0 Å². The Bertz CT molecular complexity index is 555. The smallest absolute Gasteiger partial charge is 0.194 e. The number of aromatic nitrogens is 2. The Morgan fingerprint density at radius 2 is 2.12 bits per heavy atom. The van der Waals surface area contributed by atoms with Crippen molar-refractivity contribution >= 4 is 16.3 Å². The van der Waals surface area contributed by atoms with E-state index in [1.165, 1.54) is 22.0 Å². The minimum atomic E-state index is 0.154. The van der Waals surface area contributed by atoms with Crippen molar-refractivity contribution < 1.29 is 4.74 Å². The molecule has 2 aromatic heterocycles. The summed E-state index contributed by atoms with van der Waals surface area (Å²) in [4.78, 5) is 7.20. The molecular weight excluding hydrogens is 220 g/mol. The molecule has 1 aliphatic heterocycles. The van der Waals surface area contributed by atoms with Crippen LogP contribution in [0.1, 0.15) is 41.9 Å². The van der Waals surface area contributed by atoms with Crippen LogP contribution >= 0.6 is 11.3 Å². The summed E-state index contributed by atoms with van der Waals surface area (Å²) in [5.41, 5.74) is 3.79. The molecule has 0 N–H and O–H groups in total. The third kappa shape index (κ3) is 1.26. The topological polar surface area (TPSA) is 26.5 Å². The van der Waals surface area contributed by atoms with Gasteiger partial charge >= 0.3 is 0 Å². The van der Waals surface area contributed by atoms with Gasteiger partial charge in [0.05, 0.1) is 23.6 Å². The maximum Gasteiger partial charge on any atom is 0.194 e. The van der Waals surface area contributed by atoms with Gasteiger partial charge in [-0.05, 0) is 27.7 Å². The number of hydrogen-bond acceptors (Lipinski definition) is 3. The molecule has 3 heterocycles. The summed E-state index contributed by atoms with van der Waals surface area (Å²) in [6.45, 7) is 8.55. The van der Waals surface area contributed by atoms with Crippen LogP contribution < -0.4 is 0 Å². The van der Waals surface area contributed by atoms with E-state index in [-0.39, 0.29) is 12.2 Å². The fraction of sp³-hybridized carbons (Fsp3) is 0.583. The molecule has 2 atom stereocenters. The van der Waals surface area contributed by atoms with Crippen molar-refractivity contribution in [2.45, 2.75) is 46.3 Å². The molecule has 86 valence electrons. The third-order valence-corrected chi connectivity index (χ3v) is 4.41. The third-order valence-electron chi connectivity index (χ3n) is 3.35. The largest absolute Gasteiger partial charge is 0.369 e. The van der Waals surface area contributed by atoms with Gasteiger partial charge < -0.3 is 4.74 Å². The molecule has 0 spiro atoms. The van der Waals surface area contributed by atoms with Gasteiger partial charge in [-0.3, -0.25) is 4.40 Å². The van der Waals surface area contributed by atoms with Crippen LogP contribution in [0.3, 0.4) is 0 Å². The second kappa shape index (κ2) is 3.31. The molecule has 3 rings (SSSR count). The average Bonchev–Trinajstić information content (AvgIpc) is 2.65. The Morgan fingerprint density at radius 1 is 1.38 bits per heavy atom. The highest BCUT2D eigenvalue weighted by Crippen LogP contribution is 2.34. The molecule has 0 saturated heterocycles. The van der Waals surface area contributed by atoms with Crippen molar-refractivity contribution in [3.8, 4) is 0 Å². The minimum Gasteiger partial charge on any atom is -0.369 e. The monoisotopic (exact) mass is 236 g/mol. The van der Waals surface area contributed by atoms with Crippen molar-refractivity contribution in [2.75, 3.05) is 0 Å². The lowest BCUT2D eigenvalue weighted by Gasteiger charge is -2.25. The Labute approximate surface area is 99.1 Å². The normalized spacial score (nSPS) is 25.0. The maximum atomic E-state index is 5.89. The first kappa shape index (κ1) is 10.3. The fourth-order valence-corrected chi connectivity index (χ4v) is 3.51. The first-order valence-electron chi connectivity index (χ1n) is 5.70. The van der Waals surface area contributed by atoms with Gasteiger partial charge in [-0.15, -0.1) is 11.3 Å². The van der Waals surface area contributed by atoms with E-state index in [0.717, 1.165) is 11.4 Å². The van der Waals surface area contributed by atoms with Gasteiger partial charge in [0.15, 0.2) is 4.96 Å². The van der Waals surface area contributed by atoms with E-state index in [1.807, 2.05) is 0 Å². The van der Waals surface area contributed by atoms with Gasteiger partial charge in [0, 0.05) is 17.0 Å². The molecule has 0 amide bonds. The highest BCUT2D eigenvalue weighted by atomic mass is 32.1. The zero-order valence-electron chi connectivity index (χ0n) is 10.1. The van der Waals surface area contributed by atoms with Crippen LogP contribution in [-0.2, 0) is 11.2 Å². The summed E-state index contributed by atoms with van der Waals surface area (Å²) in [6, 6.07) is 0. The predicted molar refractivity (Wildman–Crippen MR) is 65.2 cm³/mol. The van der Waals surface area contributed by atoms with E-state index in [0.29, 0.717) is 0 Å². The van der Waals surface area contributed by atoms with Crippen molar-refractivity contribution in [1.82, 2.24) is 9.38 Å². The number of aryl methyl sites for hydroxylation is 2.